The van der Waals surface area contributed by atoms with Crippen LogP contribution in [0.5, 0.6) is 0 Å². The first-order chi connectivity index (χ1) is 16.8. The van der Waals surface area contributed by atoms with Crippen LogP contribution in [0, 0.1) is 30.7 Å². The van der Waals surface area contributed by atoms with E-state index < -0.39 is 23.6 Å². The molecule has 11 heteroatoms. The van der Waals surface area contributed by atoms with Gasteiger partial charge in [0.25, 0.3) is 0 Å². The summed E-state index contributed by atoms with van der Waals surface area (Å²) in [5, 5.41) is 5.59. The van der Waals surface area contributed by atoms with Gasteiger partial charge < -0.3 is 14.9 Å². The van der Waals surface area contributed by atoms with Crippen molar-refractivity contribution in [1.82, 2.24) is 9.97 Å². The minimum Gasteiger partial charge on any atom is -0.463 e. The Morgan fingerprint density at radius 3 is 2.22 bits per heavy atom. The summed E-state index contributed by atoms with van der Waals surface area (Å²) in [6.07, 6.45) is -1.25. The molecule has 0 saturated carbocycles. The molecule has 0 radical (unpaired) electrons. The van der Waals surface area contributed by atoms with Crippen molar-refractivity contribution in [3.8, 4) is 11.3 Å². The number of anilines is 2. The van der Waals surface area contributed by atoms with Crippen molar-refractivity contribution in [2.24, 2.45) is 5.10 Å². The predicted octanol–water partition coefficient (Wildman–Crippen LogP) is 6.11. The van der Waals surface area contributed by atoms with Crippen molar-refractivity contribution >= 4 is 17.7 Å². The van der Waals surface area contributed by atoms with Gasteiger partial charge in [-0.25, -0.2) is 8.78 Å². The first-order valence-electron chi connectivity index (χ1n) is 10.1. The van der Waals surface area contributed by atoms with Gasteiger partial charge in [-0.3, -0.25) is 4.98 Å². The van der Waals surface area contributed by atoms with Crippen LogP contribution in [0.25, 0.3) is 11.3 Å². The predicted molar refractivity (Wildman–Crippen MR) is 121 cm³/mol. The van der Waals surface area contributed by atoms with Gasteiger partial charge in [0.05, 0.1) is 6.34 Å². The minimum atomic E-state index is -4.36. The third kappa shape index (κ3) is 6.71. The summed E-state index contributed by atoms with van der Waals surface area (Å²) in [5.74, 6) is -1.79. The third-order valence-corrected chi connectivity index (χ3v) is 4.63. The number of hydrazone groups is 1. The number of para-hydroxylation sites is 1. The van der Waals surface area contributed by atoms with Crippen LogP contribution >= 0.6 is 0 Å². The molecule has 5 rings (SSSR count). The molecule has 0 amide bonds. The average Bonchev–Trinajstić information content (AvgIpc) is 3.36. The monoisotopic (exact) mass is 673 g/mol. The van der Waals surface area contributed by atoms with E-state index in [1.165, 1.54) is 17.3 Å². The molecule has 36 heavy (non-hydrogen) atoms. The Morgan fingerprint density at radius 1 is 0.861 bits per heavy atom. The van der Waals surface area contributed by atoms with Crippen LogP contribution < -0.4 is 9.91 Å². The molecule has 1 aliphatic heterocycles. The third-order valence-electron chi connectivity index (χ3n) is 4.63. The Hall–Kier alpha value is -3.69. The Labute approximate surface area is 217 Å². The Kier molecular flexibility index (Phi) is 8.84. The zero-order valence-electron chi connectivity index (χ0n) is 18.1. The number of hydrogen-bond donors (Lipinski definition) is 0. The van der Waals surface area contributed by atoms with E-state index in [1.807, 2.05) is 30.3 Å². The number of hydrogen-bond acceptors (Lipinski definition) is 5. The summed E-state index contributed by atoms with van der Waals surface area (Å²) in [6.45, 7) is 1.68. The van der Waals surface area contributed by atoms with Crippen molar-refractivity contribution in [2.75, 3.05) is 9.91 Å². The van der Waals surface area contributed by atoms with Gasteiger partial charge in [-0.1, -0.05) is 53.2 Å². The van der Waals surface area contributed by atoms with E-state index in [2.05, 4.69) is 27.2 Å². The van der Waals surface area contributed by atoms with Gasteiger partial charge in [0.2, 0.25) is 0 Å². The van der Waals surface area contributed by atoms with Crippen molar-refractivity contribution in [3.05, 3.63) is 115 Å². The fourth-order valence-corrected chi connectivity index (χ4v) is 2.95. The molecule has 0 saturated heterocycles. The molecule has 2 aromatic heterocycles. The van der Waals surface area contributed by atoms with E-state index in [9.17, 15) is 22.0 Å². The molecule has 2 aromatic carbocycles. The molecule has 0 atom stereocenters. The van der Waals surface area contributed by atoms with E-state index in [1.54, 1.807) is 36.1 Å². The van der Waals surface area contributed by atoms with Gasteiger partial charge in [0.15, 0.2) is 0 Å². The molecular weight excluding hydrogens is 658 g/mol. The summed E-state index contributed by atoms with van der Waals surface area (Å²) in [4.78, 5) is 8.72. The van der Waals surface area contributed by atoms with E-state index in [4.69, 9.17) is 0 Å². The van der Waals surface area contributed by atoms with Crippen molar-refractivity contribution in [2.45, 2.75) is 6.18 Å². The molecule has 3 heterocycles. The van der Waals surface area contributed by atoms with Gasteiger partial charge in [0.1, 0.15) is 11.9 Å². The Balaban J connectivity index is 0.000000210. The number of halogens is 5. The average molecular weight is 673 g/mol. The number of alkyl halides is 3. The van der Waals surface area contributed by atoms with Crippen LogP contribution in [-0.4, -0.2) is 16.3 Å². The molecule has 0 spiro atoms. The van der Waals surface area contributed by atoms with Crippen LogP contribution in [0.3, 0.4) is 0 Å². The zero-order valence-corrected chi connectivity index (χ0v) is 20.5. The number of rotatable bonds is 3. The van der Waals surface area contributed by atoms with Crippen molar-refractivity contribution < 1.29 is 42.1 Å². The first kappa shape index (κ1) is 26.9. The second-order valence-electron chi connectivity index (χ2n) is 7.00. The normalized spacial score (nSPS) is 12.6. The summed E-state index contributed by atoms with van der Waals surface area (Å²) < 4.78 is 63.1. The summed E-state index contributed by atoms with van der Waals surface area (Å²) in [6, 6.07) is 23.8. The molecule has 1 aliphatic rings. The number of nitrogens with zero attached hydrogens (tertiary/aromatic N) is 5. The summed E-state index contributed by atoms with van der Waals surface area (Å²) >= 11 is 0. The molecule has 0 N–H and O–H groups in total. The zero-order chi connectivity index (χ0) is 24.8. The van der Waals surface area contributed by atoms with Crippen LogP contribution in [-0.2, 0) is 26.3 Å². The second-order valence-corrected chi connectivity index (χ2v) is 7.00. The van der Waals surface area contributed by atoms with Gasteiger partial charge in [-0.05, 0) is 23.9 Å². The molecular formula is C25H15F5IrN5. The topological polar surface area (TPSA) is 44.6 Å². The van der Waals surface area contributed by atoms with Gasteiger partial charge in [-0.15, -0.1) is 18.8 Å². The largest absolute Gasteiger partial charge is 3.00 e. The van der Waals surface area contributed by atoms with Crippen molar-refractivity contribution in [1.29, 1.82) is 0 Å². The van der Waals surface area contributed by atoms with E-state index in [0.29, 0.717) is 11.4 Å². The number of aromatic nitrogens is 2. The standard InChI is InChI=1S/C15H10F3N3.C10H5F2N2.Ir/c16-15(17,18)12-6-8-14(9-7-12)21-11-20(10-19-21)13-4-2-1-3-5-13;11-9-5-4-7(10(12)14-9)8-3-1-2-6-13-8;/h1-8,10-11H;1-3,5-6H;/q-2;-1;+3. The first-order valence-corrected chi connectivity index (χ1v) is 10.1. The molecule has 184 valence electrons. The van der Waals surface area contributed by atoms with E-state index in [0.717, 1.165) is 23.9 Å². The van der Waals surface area contributed by atoms with Crippen LogP contribution in [0.15, 0.2) is 84.1 Å². The van der Waals surface area contributed by atoms with Crippen LogP contribution in [0.1, 0.15) is 5.56 Å². The summed E-state index contributed by atoms with van der Waals surface area (Å²) in [5.41, 5.74) is 1.09. The molecule has 0 fully saturated rings. The van der Waals surface area contributed by atoms with Crippen molar-refractivity contribution in [3.63, 3.8) is 0 Å². The number of benzene rings is 2. The second kappa shape index (κ2) is 11.8. The fraction of sp³-hybridized carbons (Fsp3) is 0.0400. The van der Waals surface area contributed by atoms with Gasteiger partial charge in [-0.2, -0.15) is 36.5 Å². The summed E-state index contributed by atoms with van der Waals surface area (Å²) in [7, 11) is 0. The van der Waals surface area contributed by atoms with Gasteiger partial charge in [0, 0.05) is 11.9 Å². The fourth-order valence-electron chi connectivity index (χ4n) is 2.95. The molecule has 0 bridgehead atoms. The molecule has 5 nitrogen and oxygen atoms in total. The maximum absolute atomic E-state index is 13.1. The van der Waals surface area contributed by atoms with Crippen LogP contribution in [0.2, 0.25) is 0 Å². The SMILES string of the molecule is FC(F)(F)c1c[c-]c(N2[CH-]N(c3ccccc3)C=N2)cc1.Fc1c[c-]c(-c2ccccn2)c(F)n1.[Ir+3]. The molecule has 0 unspecified atom stereocenters. The van der Waals surface area contributed by atoms with Crippen LogP contribution in [0.4, 0.5) is 33.3 Å². The smallest absolute Gasteiger partial charge is 0.463 e. The van der Waals surface area contributed by atoms with E-state index in [-0.39, 0.29) is 25.7 Å². The minimum absolute atomic E-state index is 0. The molecule has 4 aromatic rings. The Bertz CT molecular complexity index is 1290. The maximum atomic E-state index is 13.1. The van der Waals surface area contributed by atoms with E-state index >= 15 is 0 Å². The maximum Gasteiger partial charge on any atom is 3.00 e. The quantitative estimate of drug-likeness (QED) is 0.150. The number of pyridine rings is 2. The molecule has 0 aliphatic carbocycles. The Morgan fingerprint density at radius 2 is 1.61 bits per heavy atom. The van der Waals surface area contributed by atoms with Gasteiger partial charge >= 0.3 is 26.3 Å².